The van der Waals surface area contributed by atoms with Crippen molar-refractivity contribution >= 4 is 46.7 Å². The number of carbonyl (C=O) groups is 3. The standard InChI is InChI=1S/C25H23Cl2N3O5/c26-18-4-1-3-17(12-18)16-9-7-15(8-10-16)11-21(14-22(31)25(34)35)28-23(32)24(33)30-29-20-6-2-5-19(27)13-20/h1-10,12-13,21-22,29,31H,11,14H2,(H,28,32)(H,30,33)(H,34,35)/t21-,22-/m1/s1. The Morgan fingerprint density at radius 3 is 2.11 bits per heavy atom. The number of carboxylic acids is 1. The minimum Gasteiger partial charge on any atom is -0.479 e. The number of carbonyl (C=O) groups excluding carboxylic acids is 2. The number of aliphatic hydroxyl groups is 1. The van der Waals surface area contributed by atoms with Crippen LogP contribution in [0.3, 0.4) is 0 Å². The monoisotopic (exact) mass is 515 g/mol. The molecule has 0 aliphatic rings. The molecule has 0 saturated heterocycles. The summed E-state index contributed by atoms with van der Waals surface area (Å²) in [6.07, 6.45) is -1.80. The zero-order valence-corrected chi connectivity index (χ0v) is 19.9. The number of rotatable bonds is 9. The molecule has 5 N–H and O–H groups in total. The number of aliphatic hydroxyl groups excluding tert-OH is 1. The normalized spacial score (nSPS) is 12.3. The summed E-state index contributed by atoms with van der Waals surface area (Å²) in [5.74, 6) is -3.40. The van der Waals surface area contributed by atoms with E-state index in [1.54, 1.807) is 30.3 Å². The molecule has 0 aliphatic carbocycles. The first-order chi connectivity index (χ1) is 16.7. The van der Waals surface area contributed by atoms with Crippen LogP contribution in [0.5, 0.6) is 0 Å². The maximum Gasteiger partial charge on any atom is 0.332 e. The third-order valence-corrected chi connectivity index (χ3v) is 5.54. The Morgan fingerprint density at radius 1 is 0.829 bits per heavy atom. The maximum absolute atomic E-state index is 12.4. The van der Waals surface area contributed by atoms with E-state index in [0.717, 1.165) is 16.7 Å². The molecule has 2 amide bonds. The van der Waals surface area contributed by atoms with Crippen molar-refractivity contribution in [1.82, 2.24) is 10.7 Å². The number of hydrogen-bond acceptors (Lipinski definition) is 5. The second-order valence-corrected chi connectivity index (χ2v) is 8.63. The van der Waals surface area contributed by atoms with E-state index in [2.05, 4.69) is 16.2 Å². The molecule has 0 unspecified atom stereocenters. The fraction of sp³-hybridized carbons (Fsp3) is 0.160. The van der Waals surface area contributed by atoms with E-state index in [9.17, 15) is 19.5 Å². The highest BCUT2D eigenvalue weighted by Crippen LogP contribution is 2.23. The van der Waals surface area contributed by atoms with Crippen LogP contribution in [0, 0.1) is 0 Å². The molecule has 3 aromatic carbocycles. The molecule has 0 saturated carbocycles. The minimum atomic E-state index is -1.71. The summed E-state index contributed by atoms with van der Waals surface area (Å²) < 4.78 is 0. The lowest BCUT2D eigenvalue weighted by Crippen LogP contribution is -2.48. The van der Waals surface area contributed by atoms with Crippen molar-refractivity contribution < 1.29 is 24.6 Å². The third kappa shape index (κ3) is 7.99. The second-order valence-electron chi connectivity index (χ2n) is 7.76. The molecule has 35 heavy (non-hydrogen) atoms. The summed E-state index contributed by atoms with van der Waals surface area (Å²) in [5, 5.41) is 22.5. The van der Waals surface area contributed by atoms with Gasteiger partial charge in [-0.1, -0.05) is 65.7 Å². The average molecular weight is 516 g/mol. The first-order valence-electron chi connectivity index (χ1n) is 10.6. The number of halogens is 2. The summed E-state index contributed by atoms with van der Waals surface area (Å²) >= 11 is 11.9. The molecule has 3 rings (SSSR count). The molecular weight excluding hydrogens is 493 g/mol. The van der Waals surface area contributed by atoms with Crippen LogP contribution in [-0.2, 0) is 20.8 Å². The zero-order valence-electron chi connectivity index (χ0n) is 18.4. The van der Waals surface area contributed by atoms with Gasteiger partial charge in [0.15, 0.2) is 6.10 Å². The molecule has 8 nitrogen and oxygen atoms in total. The molecule has 0 aliphatic heterocycles. The molecule has 2 atom stereocenters. The van der Waals surface area contributed by atoms with Gasteiger partial charge in [-0.05, 0) is 53.4 Å². The number of hydrazine groups is 1. The van der Waals surface area contributed by atoms with Crippen LogP contribution in [0.2, 0.25) is 10.0 Å². The van der Waals surface area contributed by atoms with E-state index in [1.807, 2.05) is 42.5 Å². The van der Waals surface area contributed by atoms with Crippen LogP contribution < -0.4 is 16.2 Å². The van der Waals surface area contributed by atoms with Gasteiger partial charge in [-0.25, -0.2) is 4.79 Å². The molecule has 0 bridgehead atoms. The van der Waals surface area contributed by atoms with Gasteiger partial charge in [-0.15, -0.1) is 0 Å². The van der Waals surface area contributed by atoms with Crippen molar-refractivity contribution in [2.45, 2.75) is 25.0 Å². The van der Waals surface area contributed by atoms with Crippen LogP contribution in [-0.4, -0.2) is 40.1 Å². The summed E-state index contributed by atoms with van der Waals surface area (Å²) in [6.45, 7) is 0. The molecule has 0 aromatic heterocycles. The fourth-order valence-corrected chi connectivity index (χ4v) is 3.73. The van der Waals surface area contributed by atoms with E-state index in [1.165, 1.54) is 0 Å². The Bertz CT molecular complexity index is 1200. The van der Waals surface area contributed by atoms with Crippen molar-refractivity contribution in [2.24, 2.45) is 0 Å². The largest absolute Gasteiger partial charge is 0.479 e. The van der Waals surface area contributed by atoms with Crippen LogP contribution in [0.1, 0.15) is 12.0 Å². The Kier molecular flexibility index (Phi) is 9.08. The van der Waals surface area contributed by atoms with E-state index < -0.39 is 29.9 Å². The van der Waals surface area contributed by atoms with Crippen molar-refractivity contribution in [3.05, 3.63) is 88.4 Å². The smallest absolute Gasteiger partial charge is 0.332 e. The van der Waals surface area contributed by atoms with Crippen LogP contribution >= 0.6 is 23.2 Å². The van der Waals surface area contributed by atoms with Gasteiger partial charge in [0.25, 0.3) is 0 Å². The predicted octanol–water partition coefficient (Wildman–Crippen LogP) is 3.67. The number of anilines is 1. The van der Waals surface area contributed by atoms with Gasteiger partial charge in [0.2, 0.25) is 0 Å². The van der Waals surface area contributed by atoms with Gasteiger partial charge in [0, 0.05) is 22.5 Å². The van der Waals surface area contributed by atoms with Crippen molar-refractivity contribution in [1.29, 1.82) is 0 Å². The maximum atomic E-state index is 12.4. The number of aliphatic carboxylic acids is 1. The molecule has 3 aromatic rings. The summed E-state index contributed by atoms with van der Waals surface area (Å²) in [4.78, 5) is 35.8. The number of nitrogens with one attached hydrogen (secondary N) is 3. The molecule has 0 fully saturated rings. The van der Waals surface area contributed by atoms with Crippen LogP contribution in [0.4, 0.5) is 5.69 Å². The Balaban J connectivity index is 1.66. The predicted molar refractivity (Wildman–Crippen MR) is 134 cm³/mol. The summed E-state index contributed by atoms with van der Waals surface area (Å²) in [7, 11) is 0. The second kappa shape index (κ2) is 12.2. The van der Waals surface area contributed by atoms with Gasteiger partial charge >= 0.3 is 17.8 Å². The zero-order chi connectivity index (χ0) is 25.4. The number of amides is 2. The summed E-state index contributed by atoms with van der Waals surface area (Å²) in [6, 6.07) is 20.5. The fourth-order valence-electron chi connectivity index (χ4n) is 3.35. The highest BCUT2D eigenvalue weighted by atomic mass is 35.5. The van der Waals surface area contributed by atoms with E-state index in [0.29, 0.717) is 15.7 Å². The van der Waals surface area contributed by atoms with E-state index in [-0.39, 0.29) is 12.8 Å². The van der Waals surface area contributed by atoms with Gasteiger partial charge in [0.05, 0.1) is 5.69 Å². The molecule has 182 valence electrons. The minimum absolute atomic E-state index is 0.195. The molecular formula is C25H23Cl2N3O5. The molecule has 0 radical (unpaired) electrons. The van der Waals surface area contributed by atoms with Gasteiger partial charge in [-0.3, -0.25) is 20.4 Å². The highest BCUT2D eigenvalue weighted by Gasteiger charge is 2.24. The van der Waals surface area contributed by atoms with Crippen molar-refractivity contribution in [3.63, 3.8) is 0 Å². The summed E-state index contributed by atoms with van der Waals surface area (Å²) in [5.41, 5.74) is 7.93. The first-order valence-corrected chi connectivity index (χ1v) is 11.3. The molecule has 0 spiro atoms. The lowest BCUT2D eigenvalue weighted by atomic mass is 9.98. The molecule has 0 heterocycles. The molecule has 10 heteroatoms. The Labute approximate surface area is 211 Å². The van der Waals surface area contributed by atoms with E-state index in [4.69, 9.17) is 28.3 Å². The van der Waals surface area contributed by atoms with Crippen molar-refractivity contribution in [3.8, 4) is 11.1 Å². The van der Waals surface area contributed by atoms with E-state index >= 15 is 0 Å². The number of hydrogen-bond donors (Lipinski definition) is 5. The van der Waals surface area contributed by atoms with Gasteiger partial charge in [0.1, 0.15) is 0 Å². The Hall–Kier alpha value is -3.59. The van der Waals surface area contributed by atoms with Gasteiger partial charge in [-0.2, -0.15) is 0 Å². The number of carboxylic acid groups (broad SMARTS) is 1. The first kappa shape index (κ1) is 26.0. The lowest BCUT2D eigenvalue weighted by molar-refractivity contribution is -0.147. The average Bonchev–Trinajstić information content (AvgIpc) is 2.83. The lowest BCUT2D eigenvalue weighted by Gasteiger charge is -2.20. The van der Waals surface area contributed by atoms with Crippen LogP contribution in [0.25, 0.3) is 11.1 Å². The quantitative estimate of drug-likeness (QED) is 0.218. The highest BCUT2D eigenvalue weighted by molar-refractivity contribution is 6.35. The third-order valence-electron chi connectivity index (χ3n) is 5.07. The van der Waals surface area contributed by atoms with Crippen molar-refractivity contribution in [2.75, 3.05) is 5.43 Å². The Morgan fingerprint density at radius 2 is 1.49 bits per heavy atom. The number of benzene rings is 3. The van der Waals surface area contributed by atoms with Crippen LogP contribution in [0.15, 0.2) is 72.8 Å². The van der Waals surface area contributed by atoms with Gasteiger partial charge < -0.3 is 15.5 Å². The topological polar surface area (TPSA) is 128 Å². The SMILES string of the molecule is O=C(NNc1cccc(Cl)c1)C(=O)N[C@H](Cc1ccc(-c2cccc(Cl)c2)cc1)C[C@@H](O)C(=O)O.